The molecule has 12 nitrogen and oxygen atoms in total. The van der Waals surface area contributed by atoms with Gasteiger partial charge in [-0.25, -0.2) is 4.79 Å². The maximum absolute atomic E-state index is 13.2. The third-order valence-corrected chi connectivity index (χ3v) is 5.22. The van der Waals surface area contributed by atoms with Crippen molar-refractivity contribution in [2.24, 2.45) is 0 Å². The summed E-state index contributed by atoms with van der Waals surface area (Å²) in [6.45, 7) is 4.64. The Hall–Kier alpha value is -2.77. The topological polar surface area (TPSA) is 165 Å². The molecular formula is C25H41N3O9. The highest BCUT2D eigenvalue weighted by Crippen LogP contribution is 2.19. The summed E-state index contributed by atoms with van der Waals surface area (Å²) in [6, 6.07) is 4.83. The van der Waals surface area contributed by atoms with Crippen molar-refractivity contribution in [1.29, 1.82) is 0 Å². The van der Waals surface area contributed by atoms with Crippen LogP contribution in [-0.4, -0.2) is 86.3 Å². The molecule has 1 aromatic carbocycles. The van der Waals surface area contributed by atoms with Gasteiger partial charge in [-0.1, -0.05) is 18.2 Å². The van der Waals surface area contributed by atoms with E-state index >= 15 is 0 Å². The number of carbonyl (C=O) groups excluding carboxylic acids is 3. The highest BCUT2D eigenvalue weighted by Gasteiger charge is 2.29. The van der Waals surface area contributed by atoms with Crippen molar-refractivity contribution in [3.63, 3.8) is 0 Å². The maximum atomic E-state index is 13.2. The third-order valence-electron chi connectivity index (χ3n) is 5.22. The number of benzene rings is 1. The zero-order valence-electron chi connectivity index (χ0n) is 22.4. The van der Waals surface area contributed by atoms with E-state index in [-0.39, 0.29) is 25.9 Å². The van der Waals surface area contributed by atoms with Crippen LogP contribution in [0.1, 0.15) is 45.6 Å². The summed E-state index contributed by atoms with van der Waals surface area (Å²) >= 11 is 0. The number of anilines is 1. The van der Waals surface area contributed by atoms with Crippen LogP contribution in [-0.2, 0) is 35.0 Å². The SMILES string of the molecule is COC(O)CCC(NC(=O)[C@H](CCO)NC(=O)OC(C)(C)C)C(=O)Nc1ccccc1CC(OC)OC. The summed E-state index contributed by atoms with van der Waals surface area (Å²) in [4.78, 5) is 38.4. The molecule has 1 aromatic rings. The third kappa shape index (κ3) is 12.3. The minimum atomic E-state index is -1.15. The van der Waals surface area contributed by atoms with Crippen LogP contribution in [0, 0.1) is 0 Å². The number of nitrogens with one attached hydrogen (secondary N) is 3. The monoisotopic (exact) mass is 527 g/mol. The van der Waals surface area contributed by atoms with Gasteiger partial charge in [-0.05, 0) is 45.2 Å². The second kappa shape index (κ2) is 16.2. The maximum Gasteiger partial charge on any atom is 0.408 e. The molecule has 210 valence electrons. The first kappa shape index (κ1) is 32.3. The second-order valence-electron chi connectivity index (χ2n) is 9.29. The van der Waals surface area contributed by atoms with E-state index in [1.165, 1.54) is 21.3 Å². The Morgan fingerprint density at radius 2 is 1.51 bits per heavy atom. The molecule has 0 spiro atoms. The summed E-state index contributed by atoms with van der Waals surface area (Å²) < 4.78 is 20.6. The van der Waals surface area contributed by atoms with Crippen LogP contribution in [0.3, 0.4) is 0 Å². The van der Waals surface area contributed by atoms with Gasteiger partial charge in [-0.15, -0.1) is 0 Å². The van der Waals surface area contributed by atoms with Crippen molar-refractivity contribution in [1.82, 2.24) is 10.6 Å². The van der Waals surface area contributed by atoms with E-state index in [2.05, 4.69) is 16.0 Å². The van der Waals surface area contributed by atoms with E-state index in [0.717, 1.165) is 5.56 Å². The largest absolute Gasteiger partial charge is 0.444 e. The van der Waals surface area contributed by atoms with Crippen molar-refractivity contribution in [2.75, 3.05) is 33.3 Å². The number of aliphatic hydroxyl groups is 2. The molecule has 0 fully saturated rings. The lowest BCUT2D eigenvalue weighted by molar-refractivity contribution is -0.129. The Morgan fingerprint density at radius 3 is 2.08 bits per heavy atom. The number of hydrogen-bond acceptors (Lipinski definition) is 9. The van der Waals surface area contributed by atoms with Crippen LogP contribution in [0.25, 0.3) is 0 Å². The minimum Gasteiger partial charge on any atom is -0.444 e. The highest BCUT2D eigenvalue weighted by molar-refractivity contribution is 5.98. The summed E-state index contributed by atoms with van der Waals surface area (Å²) in [7, 11) is 4.34. The lowest BCUT2D eigenvalue weighted by Crippen LogP contribution is -2.53. The number of methoxy groups -OCH3 is 3. The fourth-order valence-corrected chi connectivity index (χ4v) is 3.30. The smallest absolute Gasteiger partial charge is 0.408 e. The number of para-hydroxylation sites is 1. The average Bonchev–Trinajstić information content (AvgIpc) is 2.84. The molecule has 3 amide bonds. The van der Waals surface area contributed by atoms with E-state index in [9.17, 15) is 24.6 Å². The normalized spacial score (nSPS) is 14.0. The van der Waals surface area contributed by atoms with Gasteiger partial charge in [0.05, 0.1) is 0 Å². The fraction of sp³-hybridized carbons (Fsp3) is 0.640. The molecule has 0 heterocycles. The van der Waals surface area contributed by atoms with E-state index < -0.39 is 48.2 Å². The fourth-order valence-electron chi connectivity index (χ4n) is 3.30. The molecule has 37 heavy (non-hydrogen) atoms. The Labute approximate surface area is 218 Å². The van der Waals surface area contributed by atoms with Crippen molar-refractivity contribution in [3.8, 4) is 0 Å². The number of amides is 3. The quantitative estimate of drug-likeness (QED) is 0.211. The molecule has 0 bridgehead atoms. The zero-order valence-corrected chi connectivity index (χ0v) is 22.4. The molecule has 0 saturated carbocycles. The number of ether oxygens (including phenoxy) is 4. The predicted molar refractivity (Wildman–Crippen MR) is 136 cm³/mol. The average molecular weight is 528 g/mol. The number of hydrogen-bond donors (Lipinski definition) is 5. The van der Waals surface area contributed by atoms with Gasteiger partial charge >= 0.3 is 6.09 Å². The predicted octanol–water partition coefficient (Wildman–Crippen LogP) is 1.29. The first-order valence-corrected chi connectivity index (χ1v) is 12.0. The molecule has 12 heteroatoms. The molecule has 3 atom stereocenters. The molecule has 0 radical (unpaired) electrons. The highest BCUT2D eigenvalue weighted by atomic mass is 16.7. The Bertz CT molecular complexity index is 856. The van der Waals surface area contributed by atoms with Gasteiger partial charge in [0.1, 0.15) is 17.7 Å². The van der Waals surface area contributed by atoms with E-state index in [1.807, 2.05) is 12.1 Å². The van der Waals surface area contributed by atoms with Gasteiger partial charge in [0.25, 0.3) is 0 Å². The van der Waals surface area contributed by atoms with Crippen LogP contribution >= 0.6 is 0 Å². The lowest BCUT2D eigenvalue weighted by Gasteiger charge is -2.25. The van der Waals surface area contributed by atoms with Crippen LogP contribution in [0.15, 0.2) is 24.3 Å². The zero-order chi connectivity index (χ0) is 28.0. The van der Waals surface area contributed by atoms with Crippen LogP contribution in [0.5, 0.6) is 0 Å². The molecule has 5 N–H and O–H groups in total. The molecule has 0 aliphatic heterocycles. The summed E-state index contributed by atoms with van der Waals surface area (Å²) in [5.41, 5.74) is 0.453. The van der Waals surface area contributed by atoms with Gasteiger partial charge in [-0.2, -0.15) is 0 Å². The van der Waals surface area contributed by atoms with E-state index in [1.54, 1.807) is 32.9 Å². The lowest BCUT2D eigenvalue weighted by atomic mass is 10.1. The van der Waals surface area contributed by atoms with Crippen molar-refractivity contribution in [2.45, 2.75) is 76.7 Å². The molecule has 0 aromatic heterocycles. The van der Waals surface area contributed by atoms with Crippen LogP contribution in [0.4, 0.5) is 10.5 Å². The van der Waals surface area contributed by atoms with Crippen LogP contribution < -0.4 is 16.0 Å². The number of rotatable bonds is 15. The van der Waals surface area contributed by atoms with Gasteiger partial charge in [0, 0.05) is 46.5 Å². The number of carbonyl (C=O) groups is 3. The van der Waals surface area contributed by atoms with Gasteiger partial charge < -0.3 is 45.1 Å². The van der Waals surface area contributed by atoms with E-state index in [0.29, 0.717) is 12.1 Å². The molecule has 0 aliphatic carbocycles. The molecule has 0 aliphatic rings. The first-order chi connectivity index (χ1) is 17.4. The van der Waals surface area contributed by atoms with Gasteiger partial charge in [0.15, 0.2) is 12.6 Å². The number of alkyl carbamates (subject to hydrolysis) is 1. The number of aliphatic hydroxyl groups excluding tert-OH is 2. The minimum absolute atomic E-state index is 0.0335. The Kier molecular flexibility index (Phi) is 14.1. The van der Waals surface area contributed by atoms with Crippen LogP contribution in [0.2, 0.25) is 0 Å². The summed E-state index contributed by atoms with van der Waals surface area (Å²) in [5, 5.41) is 27.1. The molecular weight excluding hydrogens is 486 g/mol. The summed E-state index contributed by atoms with van der Waals surface area (Å²) in [6.07, 6.45) is -2.15. The standard InChI is InChI=1S/C25H41N3O9/c1-25(2,3)37-24(33)28-19(13-14-29)23(32)27-18(11-12-20(30)34-4)22(31)26-17-10-8-7-9-16(17)15-21(35-5)36-6/h7-10,18-21,29-30H,11-15H2,1-6H3,(H,26,31)(H,27,32)(H,28,33)/t18?,19-,20?/m0/s1. The molecule has 0 saturated heterocycles. The second-order valence-corrected chi connectivity index (χ2v) is 9.29. The van der Waals surface area contributed by atoms with E-state index in [4.69, 9.17) is 18.9 Å². The van der Waals surface area contributed by atoms with Crippen molar-refractivity contribution in [3.05, 3.63) is 29.8 Å². The van der Waals surface area contributed by atoms with Gasteiger partial charge in [-0.3, -0.25) is 9.59 Å². The Morgan fingerprint density at radius 1 is 0.892 bits per heavy atom. The first-order valence-electron chi connectivity index (χ1n) is 12.0. The van der Waals surface area contributed by atoms with Crippen molar-refractivity contribution < 1.29 is 43.5 Å². The molecule has 2 unspecified atom stereocenters. The van der Waals surface area contributed by atoms with Crippen molar-refractivity contribution >= 4 is 23.6 Å². The molecule has 1 rings (SSSR count). The summed E-state index contributed by atoms with van der Waals surface area (Å²) in [5.74, 6) is -1.24. The Balaban J connectivity index is 3.06. The van der Waals surface area contributed by atoms with Gasteiger partial charge in [0.2, 0.25) is 11.8 Å².